The first-order valence-electron chi connectivity index (χ1n) is 7.10. The molecule has 1 aromatic carbocycles. The van der Waals surface area contributed by atoms with Crippen LogP contribution >= 0.6 is 15.9 Å². The van der Waals surface area contributed by atoms with E-state index in [4.69, 9.17) is 0 Å². The molecule has 0 saturated heterocycles. The second-order valence-electron chi connectivity index (χ2n) is 5.50. The summed E-state index contributed by atoms with van der Waals surface area (Å²) in [5.41, 5.74) is 1.19. The van der Waals surface area contributed by atoms with Crippen LogP contribution in [0.3, 0.4) is 0 Å². The second-order valence-corrected chi connectivity index (χ2v) is 6.35. The summed E-state index contributed by atoms with van der Waals surface area (Å²) in [7, 11) is 0. The van der Waals surface area contributed by atoms with Gasteiger partial charge in [-0.1, -0.05) is 41.1 Å². The zero-order chi connectivity index (χ0) is 14.5. The molecule has 1 aromatic rings. The van der Waals surface area contributed by atoms with Crippen molar-refractivity contribution in [3.8, 4) is 0 Å². The highest BCUT2D eigenvalue weighted by atomic mass is 79.9. The summed E-state index contributed by atoms with van der Waals surface area (Å²) in [6, 6.07) is 8.04. The van der Waals surface area contributed by atoms with E-state index in [1.165, 1.54) is 5.56 Å². The second kappa shape index (κ2) is 7.02. The van der Waals surface area contributed by atoms with Crippen LogP contribution in [0.5, 0.6) is 0 Å². The Bertz CT molecular complexity index is 501. The van der Waals surface area contributed by atoms with E-state index in [9.17, 15) is 9.59 Å². The summed E-state index contributed by atoms with van der Waals surface area (Å²) >= 11 is 3.51. The fraction of sp³-hybridized carbons (Fsp3) is 0.500. The Morgan fingerprint density at radius 3 is 2.85 bits per heavy atom. The zero-order valence-electron chi connectivity index (χ0n) is 11.7. The van der Waals surface area contributed by atoms with Crippen LogP contribution in [0.4, 0.5) is 0 Å². The molecule has 1 aliphatic rings. The predicted molar refractivity (Wildman–Crippen MR) is 82.4 cm³/mol. The number of rotatable bonds is 4. The van der Waals surface area contributed by atoms with Gasteiger partial charge in [-0.25, -0.2) is 0 Å². The Morgan fingerprint density at radius 2 is 2.15 bits per heavy atom. The molecule has 1 fully saturated rings. The van der Waals surface area contributed by atoms with E-state index in [-0.39, 0.29) is 23.5 Å². The number of ketones is 1. The summed E-state index contributed by atoms with van der Waals surface area (Å²) in [4.78, 5) is 23.5. The van der Waals surface area contributed by atoms with Crippen LogP contribution in [0.2, 0.25) is 0 Å². The Hall–Kier alpha value is -1.16. The van der Waals surface area contributed by atoms with E-state index in [2.05, 4.69) is 27.3 Å². The third-order valence-electron chi connectivity index (χ3n) is 3.96. The van der Waals surface area contributed by atoms with Gasteiger partial charge in [0.1, 0.15) is 5.78 Å². The Balaban J connectivity index is 1.81. The molecular formula is C16H20BrNO2. The number of carbonyl (C=O) groups is 2. The summed E-state index contributed by atoms with van der Waals surface area (Å²) in [6.45, 7) is 2.63. The maximum absolute atomic E-state index is 12.2. The smallest absolute Gasteiger partial charge is 0.223 e. The average molecular weight is 338 g/mol. The molecular weight excluding hydrogens is 318 g/mol. The molecule has 1 amide bonds. The third-order valence-corrected chi connectivity index (χ3v) is 4.73. The van der Waals surface area contributed by atoms with E-state index in [0.29, 0.717) is 25.8 Å². The molecule has 0 radical (unpaired) electrons. The molecule has 2 rings (SSSR count). The maximum Gasteiger partial charge on any atom is 0.223 e. The number of hydrogen-bond acceptors (Lipinski definition) is 2. The van der Waals surface area contributed by atoms with Crippen LogP contribution in [0.25, 0.3) is 0 Å². The van der Waals surface area contributed by atoms with Crippen molar-refractivity contribution in [1.82, 2.24) is 5.32 Å². The largest absolute Gasteiger partial charge is 0.356 e. The van der Waals surface area contributed by atoms with Crippen LogP contribution in [0.15, 0.2) is 28.7 Å². The van der Waals surface area contributed by atoms with Crippen molar-refractivity contribution in [3.63, 3.8) is 0 Å². The van der Waals surface area contributed by atoms with E-state index in [1.54, 1.807) is 0 Å². The number of benzene rings is 1. The summed E-state index contributed by atoms with van der Waals surface area (Å²) < 4.78 is 1.07. The first kappa shape index (κ1) is 15.2. The monoisotopic (exact) mass is 337 g/mol. The van der Waals surface area contributed by atoms with Crippen molar-refractivity contribution in [2.45, 2.75) is 32.6 Å². The Labute approximate surface area is 128 Å². The van der Waals surface area contributed by atoms with Crippen LogP contribution in [-0.4, -0.2) is 18.2 Å². The average Bonchev–Trinajstić information content (AvgIpc) is 2.40. The molecule has 4 heteroatoms. The molecule has 3 nitrogen and oxygen atoms in total. The lowest BCUT2D eigenvalue weighted by molar-refractivity contribution is -0.130. The number of Topliss-reactive ketones (excluding diaryl/α,β-unsaturated/α-hetero) is 1. The van der Waals surface area contributed by atoms with Crippen LogP contribution in [0, 0.1) is 11.8 Å². The topological polar surface area (TPSA) is 46.2 Å². The van der Waals surface area contributed by atoms with E-state index >= 15 is 0 Å². The number of carbonyl (C=O) groups excluding carboxylic acids is 2. The number of hydrogen-bond donors (Lipinski definition) is 1. The summed E-state index contributed by atoms with van der Waals surface area (Å²) in [6.07, 6.45) is 2.60. The highest BCUT2D eigenvalue weighted by molar-refractivity contribution is 9.10. The number of halogens is 1. The van der Waals surface area contributed by atoms with Gasteiger partial charge in [-0.05, 0) is 30.4 Å². The molecule has 1 saturated carbocycles. The van der Waals surface area contributed by atoms with Crippen molar-refractivity contribution >= 4 is 27.6 Å². The van der Waals surface area contributed by atoms with Gasteiger partial charge in [0.15, 0.2) is 0 Å². The number of nitrogens with one attached hydrogen (secondary N) is 1. The first-order chi connectivity index (χ1) is 9.58. The SMILES string of the molecule is C[C@@H]1CC(=O)CC[C@@H]1C(=O)NCCc1ccccc1Br. The minimum absolute atomic E-state index is 0.00749. The molecule has 1 N–H and O–H groups in total. The normalized spacial score (nSPS) is 22.6. The van der Waals surface area contributed by atoms with Crippen LogP contribution in [-0.2, 0) is 16.0 Å². The molecule has 0 bridgehead atoms. The molecule has 108 valence electrons. The summed E-state index contributed by atoms with van der Waals surface area (Å²) in [5.74, 6) is 0.540. The lowest BCUT2D eigenvalue weighted by Crippen LogP contribution is -2.38. The van der Waals surface area contributed by atoms with E-state index in [0.717, 1.165) is 10.9 Å². The van der Waals surface area contributed by atoms with Crippen molar-refractivity contribution in [1.29, 1.82) is 0 Å². The van der Waals surface area contributed by atoms with Crippen molar-refractivity contribution in [2.24, 2.45) is 11.8 Å². The van der Waals surface area contributed by atoms with Gasteiger partial charge in [-0.2, -0.15) is 0 Å². The molecule has 1 aliphatic carbocycles. The minimum Gasteiger partial charge on any atom is -0.356 e. The Kier molecular flexibility index (Phi) is 5.35. The quantitative estimate of drug-likeness (QED) is 0.917. The van der Waals surface area contributed by atoms with Gasteiger partial charge < -0.3 is 5.32 Å². The predicted octanol–water partition coefficient (Wildman–Crippen LogP) is 3.11. The standard InChI is InChI=1S/C16H20BrNO2/c1-11-10-13(19)6-7-14(11)16(20)18-9-8-12-4-2-3-5-15(12)17/h2-5,11,14H,6-10H2,1H3,(H,18,20)/t11-,14+/m1/s1. The van der Waals surface area contributed by atoms with Crippen LogP contribution < -0.4 is 5.32 Å². The first-order valence-corrected chi connectivity index (χ1v) is 7.90. The van der Waals surface area contributed by atoms with Gasteiger partial charge in [0.05, 0.1) is 0 Å². The fourth-order valence-corrected chi connectivity index (χ4v) is 3.23. The van der Waals surface area contributed by atoms with E-state index in [1.807, 2.05) is 25.1 Å². The van der Waals surface area contributed by atoms with E-state index < -0.39 is 0 Å². The Morgan fingerprint density at radius 1 is 1.40 bits per heavy atom. The summed E-state index contributed by atoms with van der Waals surface area (Å²) in [5, 5.41) is 3.00. The molecule has 0 heterocycles. The van der Waals surface area contributed by atoms with Gasteiger partial charge in [0.2, 0.25) is 5.91 Å². The maximum atomic E-state index is 12.2. The molecule has 2 atom stereocenters. The van der Waals surface area contributed by atoms with Crippen LogP contribution in [0.1, 0.15) is 31.7 Å². The zero-order valence-corrected chi connectivity index (χ0v) is 13.3. The minimum atomic E-state index is -0.00749. The molecule has 0 spiro atoms. The van der Waals surface area contributed by atoms with Crippen molar-refractivity contribution in [2.75, 3.05) is 6.54 Å². The van der Waals surface area contributed by atoms with Gasteiger partial charge in [-0.15, -0.1) is 0 Å². The van der Waals surface area contributed by atoms with Crippen molar-refractivity contribution in [3.05, 3.63) is 34.3 Å². The fourth-order valence-electron chi connectivity index (χ4n) is 2.75. The highest BCUT2D eigenvalue weighted by Gasteiger charge is 2.30. The lowest BCUT2D eigenvalue weighted by Gasteiger charge is -2.26. The molecule has 20 heavy (non-hydrogen) atoms. The van der Waals surface area contributed by atoms with Gasteiger partial charge in [0, 0.05) is 29.8 Å². The van der Waals surface area contributed by atoms with Crippen molar-refractivity contribution < 1.29 is 9.59 Å². The number of amides is 1. The third kappa shape index (κ3) is 3.92. The highest BCUT2D eigenvalue weighted by Crippen LogP contribution is 2.27. The van der Waals surface area contributed by atoms with Gasteiger partial charge in [0.25, 0.3) is 0 Å². The van der Waals surface area contributed by atoms with Gasteiger partial charge >= 0.3 is 0 Å². The molecule has 0 unspecified atom stereocenters. The lowest BCUT2D eigenvalue weighted by atomic mass is 9.79. The molecule has 0 aromatic heterocycles. The molecule has 0 aliphatic heterocycles. The van der Waals surface area contributed by atoms with Gasteiger partial charge in [-0.3, -0.25) is 9.59 Å².